The predicted molar refractivity (Wildman–Crippen MR) is 110 cm³/mol. The molecule has 3 aromatic carbocycles. The first-order chi connectivity index (χ1) is 14.4. The van der Waals surface area contributed by atoms with E-state index in [1.807, 2.05) is 36.4 Å². The number of carbonyl (C=O) groups is 3. The Morgan fingerprint density at radius 3 is 2.50 bits per heavy atom. The molecule has 0 aromatic heterocycles. The molecule has 4 rings (SSSR count). The number of hydrogen-bond donors (Lipinski definition) is 2. The summed E-state index contributed by atoms with van der Waals surface area (Å²) in [5.41, 5.74) is 0.116. The molecule has 1 atom stereocenters. The largest absolute Gasteiger partial charge is 0.350 e. The van der Waals surface area contributed by atoms with E-state index < -0.39 is 29.9 Å². The van der Waals surface area contributed by atoms with Crippen LogP contribution in [-0.2, 0) is 21.7 Å². The number of hydrogen-bond acceptors (Lipinski definition) is 3. The molecule has 3 aromatic rings. The molecule has 6 nitrogen and oxygen atoms in total. The summed E-state index contributed by atoms with van der Waals surface area (Å²) in [6.07, 6.45) is 0. The van der Waals surface area contributed by atoms with Crippen molar-refractivity contribution in [3.05, 3.63) is 83.7 Å². The van der Waals surface area contributed by atoms with Gasteiger partial charge in [-0.2, -0.15) is 0 Å². The molecular weight excluding hydrogens is 385 g/mol. The summed E-state index contributed by atoms with van der Waals surface area (Å²) >= 11 is 0. The van der Waals surface area contributed by atoms with Crippen molar-refractivity contribution < 1.29 is 18.8 Å². The van der Waals surface area contributed by atoms with Crippen LogP contribution in [0.1, 0.15) is 18.1 Å². The molecule has 1 aliphatic rings. The highest BCUT2D eigenvalue weighted by atomic mass is 19.1. The molecule has 0 aliphatic carbocycles. The lowest BCUT2D eigenvalue weighted by Crippen LogP contribution is -2.43. The van der Waals surface area contributed by atoms with Gasteiger partial charge in [-0.1, -0.05) is 54.6 Å². The number of nitrogens with one attached hydrogen (secondary N) is 2. The number of benzene rings is 3. The van der Waals surface area contributed by atoms with Gasteiger partial charge >= 0.3 is 6.03 Å². The quantitative estimate of drug-likeness (QED) is 0.641. The van der Waals surface area contributed by atoms with Crippen LogP contribution >= 0.6 is 0 Å². The number of urea groups is 1. The minimum absolute atomic E-state index is 0.170. The Kier molecular flexibility index (Phi) is 4.95. The fourth-order valence-electron chi connectivity index (χ4n) is 3.69. The standard InChI is InChI=1S/C23H20FN3O3/c1-23(19-8-4-6-16-5-2-3-7-18(16)19)21(29)27(22(30)26-23)14-20(28)25-13-15-9-11-17(24)12-10-15/h2-12H,13-14H2,1H3,(H,25,28)(H,26,30). The molecule has 0 bridgehead atoms. The van der Waals surface area contributed by atoms with Crippen molar-refractivity contribution in [2.45, 2.75) is 19.0 Å². The zero-order valence-corrected chi connectivity index (χ0v) is 16.3. The van der Waals surface area contributed by atoms with Gasteiger partial charge in [-0.25, -0.2) is 9.18 Å². The van der Waals surface area contributed by atoms with E-state index >= 15 is 0 Å². The second-order valence-electron chi connectivity index (χ2n) is 7.38. The number of nitrogens with zero attached hydrogens (tertiary/aromatic N) is 1. The van der Waals surface area contributed by atoms with E-state index in [9.17, 15) is 18.8 Å². The first kappa shape index (κ1) is 19.6. The molecule has 1 saturated heterocycles. The Labute approximate surface area is 172 Å². The highest BCUT2D eigenvalue weighted by Crippen LogP contribution is 2.33. The van der Waals surface area contributed by atoms with E-state index in [1.165, 1.54) is 12.1 Å². The molecule has 0 spiro atoms. The summed E-state index contributed by atoms with van der Waals surface area (Å²) in [6.45, 7) is 1.42. The topological polar surface area (TPSA) is 78.5 Å². The molecule has 1 aliphatic heterocycles. The third kappa shape index (κ3) is 3.50. The lowest BCUT2D eigenvalue weighted by Gasteiger charge is -2.24. The van der Waals surface area contributed by atoms with E-state index in [0.29, 0.717) is 11.1 Å². The number of carbonyl (C=O) groups excluding carboxylic acids is 3. The number of amides is 4. The number of rotatable bonds is 5. The first-order valence-corrected chi connectivity index (χ1v) is 9.52. The van der Waals surface area contributed by atoms with Gasteiger partial charge in [-0.3, -0.25) is 14.5 Å². The van der Waals surface area contributed by atoms with Crippen LogP contribution in [0.2, 0.25) is 0 Å². The van der Waals surface area contributed by atoms with Crippen LogP contribution in [0.4, 0.5) is 9.18 Å². The highest BCUT2D eigenvalue weighted by molar-refractivity contribution is 6.10. The van der Waals surface area contributed by atoms with E-state index in [2.05, 4.69) is 10.6 Å². The van der Waals surface area contributed by atoms with Gasteiger partial charge in [0.05, 0.1) is 0 Å². The maximum absolute atomic E-state index is 13.1. The molecule has 152 valence electrons. The smallest absolute Gasteiger partial charge is 0.325 e. The molecule has 30 heavy (non-hydrogen) atoms. The van der Waals surface area contributed by atoms with E-state index in [-0.39, 0.29) is 12.4 Å². The molecule has 1 fully saturated rings. The Morgan fingerprint density at radius 2 is 1.73 bits per heavy atom. The lowest BCUT2D eigenvalue weighted by atomic mass is 9.88. The fourth-order valence-corrected chi connectivity index (χ4v) is 3.69. The van der Waals surface area contributed by atoms with Gasteiger partial charge in [0.25, 0.3) is 5.91 Å². The van der Waals surface area contributed by atoms with Gasteiger partial charge in [0.15, 0.2) is 0 Å². The van der Waals surface area contributed by atoms with E-state index in [1.54, 1.807) is 25.1 Å². The van der Waals surface area contributed by atoms with E-state index in [4.69, 9.17) is 0 Å². The first-order valence-electron chi connectivity index (χ1n) is 9.52. The Hall–Kier alpha value is -3.74. The molecule has 2 N–H and O–H groups in total. The second-order valence-corrected chi connectivity index (χ2v) is 7.38. The average Bonchev–Trinajstić information content (AvgIpc) is 2.96. The Morgan fingerprint density at radius 1 is 1.03 bits per heavy atom. The van der Waals surface area contributed by atoms with Gasteiger partial charge in [-0.05, 0) is 41.0 Å². The van der Waals surface area contributed by atoms with Gasteiger partial charge in [0, 0.05) is 6.54 Å². The number of halogens is 1. The highest BCUT2D eigenvalue weighted by Gasteiger charge is 2.50. The molecule has 0 radical (unpaired) electrons. The zero-order valence-electron chi connectivity index (χ0n) is 16.3. The maximum Gasteiger partial charge on any atom is 0.325 e. The third-order valence-corrected chi connectivity index (χ3v) is 5.31. The van der Waals surface area contributed by atoms with Crippen molar-refractivity contribution in [1.29, 1.82) is 0 Å². The predicted octanol–water partition coefficient (Wildman–Crippen LogP) is 3.06. The summed E-state index contributed by atoms with van der Waals surface area (Å²) < 4.78 is 13.0. The summed E-state index contributed by atoms with van der Waals surface area (Å²) in [5, 5.41) is 7.20. The minimum atomic E-state index is -1.27. The summed E-state index contributed by atoms with van der Waals surface area (Å²) in [6, 6.07) is 18.3. The molecular formula is C23H20FN3O3. The van der Waals surface area contributed by atoms with Crippen LogP contribution in [0.5, 0.6) is 0 Å². The fraction of sp³-hybridized carbons (Fsp3) is 0.174. The average molecular weight is 405 g/mol. The summed E-state index contributed by atoms with van der Waals surface area (Å²) in [7, 11) is 0. The van der Waals surface area contributed by atoms with Gasteiger partial charge in [-0.15, -0.1) is 0 Å². The maximum atomic E-state index is 13.1. The number of imide groups is 1. The Bertz CT molecular complexity index is 1140. The van der Waals surface area contributed by atoms with Crippen LogP contribution in [0.15, 0.2) is 66.7 Å². The lowest BCUT2D eigenvalue weighted by molar-refractivity contribution is -0.134. The Balaban J connectivity index is 1.50. The normalized spacial score (nSPS) is 18.5. The van der Waals surface area contributed by atoms with Crippen molar-refractivity contribution in [3.63, 3.8) is 0 Å². The minimum Gasteiger partial charge on any atom is -0.350 e. The third-order valence-electron chi connectivity index (χ3n) is 5.31. The monoisotopic (exact) mass is 405 g/mol. The molecule has 1 unspecified atom stereocenters. The van der Waals surface area contributed by atoms with Crippen LogP contribution in [-0.4, -0.2) is 29.3 Å². The van der Waals surface area contributed by atoms with Gasteiger partial charge < -0.3 is 10.6 Å². The van der Waals surface area contributed by atoms with Crippen LogP contribution in [0.3, 0.4) is 0 Å². The van der Waals surface area contributed by atoms with E-state index in [0.717, 1.165) is 15.7 Å². The van der Waals surface area contributed by atoms with Crippen LogP contribution in [0, 0.1) is 5.82 Å². The molecule has 1 heterocycles. The van der Waals surface area contributed by atoms with Crippen LogP contribution < -0.4 is 10.6 Å². The molecule has 0 saturated carbocycles. The van der Waals surface area contributed by atoms with Crippen molar-refractivity contribution in [2.75, 3.05) is 6.54 Å². The summed E-state index contributed by atoms with van der Waals surface area (Å²) in [4.78, 5) is 38.9. The van der Waals surface area contributed by atoms with Crippen LogP contribution in [0.25, 0.3) is 10.8 Å². The van der Waals surface area contributed by atoms with Gasteiger partial charge in [0.2, 0.25) is 5.91 Å². The van der Waals surface area contributed by atoms with Gasteiger partial charge in [0.1, 0.15) is 17.9 Å². The molecule has 7 heteroatoms. The molecule has 4 amide bonds. The SMILES string of the molecule is CC1(c2cccc3ccccc23)NC(=O)N(CC(=O)NCc2ccc(F)cc2)C1=O. The van der Waals surface area contributed by atoms with Crippen molar-refractivity contribution in [3.8, 4) is 0 Å². The summed E-state index contributed by atoms with van der Waals surface area (Å²) in [5.74, 6) is -1.33. The zero-order chi connectivity index (χ0) is 21.3. The van der Waals surface area contributed by atoms with Crippen molar-refractivity contribution >= 4 is 28.6 Å². The number of fused-ring (bicyclic) bond motifs is 1. The second kappa shape index (κ2) is 7.59. The van der Waals surface area contributed by atoms with Crippen molar-refractivity contribution in [1.82, 2.24) is 15.5 Å². The van der Waals surface area contributed by atoms with Crippen molar-refractivity contribution in [2.24, 2.45) is 0 Å².